The van der Waals surface area contributed by atoms with E-state index in [-0.39, 0.29) is 17.9 Å². The number of amidine groups is 1. The lowest BCUT2D eigenvalue weighted by Gasteiger charge is -2.35. The number of aliphatic hydroxyl groups is 1. The average Bonchev–Trinajstić information content (AvgIpc) is 3.42. The Hall–Kier alpha value is -1.39. The predicted octanol–water partition coefficient (Wildman–Crippen LogP) is 3.75. The van der Waals surface area contributed by atoms with E-state index in [1.54, 1.807) is 5.06 Å². The molecule has 3 aliphatic rings. The zero-order valence-electron chi connectivity index (χ0n) is 13.5. The fourth-order valence-electron chi connectivity index (χ4n) is 4.30. The Morgan fingerprint density at radius 3 is 2.57 bits per heavy atom. The van der Waals surface area contributed by atoms with Crippen LogP contribution >= 0.6 is 0 Å². The average molecular weight is 314 g/mol. The molecule has 0 aromatic heterocycles. The molecule has 0 radical (unpaired) electrons. The molecule has 1 aromatic carbocycles. The van der Waals surface area contributed by atoms with Crippen molar-refractivity contribution in [1.82, 2.24) is 0 Å². The second-order valence-electron chi connectivity index (χ2n) is 7.40. The third-order valence-corrected chi connectivity index (χ3v) is 5.74. The van der Waals surface area contributed by atoms with Crippen LogP contribution in [0.25, 0.3) is 0 Å². The summed E-state index contributed by atoms with van der Waals surface area (Å²) >= 11 is 0. The Bertz CT molecular complexity index is 558. The van der Waals surface area contributed by atoms with Crippen molar-refractivity contribution in [1.29, 1.82) is 5.41 Å². The van der Waals surface area contributed by atoms with Crippen molar-refractivity contribution >= 4 is 11.5 Å². The highest BCUT2D eigenvalue weighted by Crippen LogP contribution is 2.45. The van der Waals surface area contributed by atoms with Crippen LogP contribution in [0.4, 0.5) is 5.69 Å². The highest BCUT2D eigenvalue weighted by atomic mass is 16.7. The van der Waals surface area contributed by atoms with Crippen LogP contribution in [0.1, 0.15) is 44.9 Å². The van der Waals surface area contributed by atoms with E-state index in [2.05, 4.69) is 0 Å². The number of hydrogen-bond donors (Lipinski definition) is 2. The number of hydroxylamine groups is 1. The molecular weight excluding hydrogens is 288 g/mol. The summed E-state index contributed by atoms with van der Waals surface area (Å²) in [5, 5.41) is 21.0. The van der Waals surface area contributed by atoms with Gasteiger partial charge in [-0.1, -0.05) is 43.9 Å². The van der Waals surface area contributed by atoms with Crippen LogP contribution < -0.4 is 5.06 Å². The Kier molecular flexibility index (Phi) is 4.12. The highest BCUT2D eigenvalue weighted by molar-refractivity contribution is 5.97. The maximum absolute atomic E-state index is 10.9. The second-order valence-corrected chi connectivity index (χ2v) is 7.40. The van der Waals surface area contributed by atoms with Gasteiger partial charge in [-0.05, 0) is 49.1 Å². The molecular formula is C19H26N2O2. The molecule has 0 bridgehead atoms. The lowest BCUT2D eigenvalue weighted by Crippen LogP contribution is -2.40. The van der Waals surface area contributed by atoms with E-state index in [1.165, 1.54) is 25.7 Å². The first-order valence-corrected chi connectivity index (χ1v) is 9.02. The fraction of sp³-hybridized carbons (Fsp3) is 0.632. The molecule has 4 heteroatoms. The third kappa shape index (κ3) is 3.02. The number of nitrogens with one attached hydrogen (secondary N) is 1. The van der Waals surface area contributed by atoms with Gasteiger partial charge in [-0.3, -0.25) is 10.2 Å². The van der Waals surface area contributed by atoms with Crippen molar-refractivity contribution in [2.75, 3.05) is 5.06 Å². The standard InChI is InChI=1S/C19H26N2O2/c20-19-18(22)16(12-13-10-11-13)15-8-4-5-9-17(15)23-21(19)14-6-2-1-3-7-14/h1-3,6-7,13,15-18,20,22H,4-5,8-12H2. The van der Waals surface area contributed by atoms with E-state index in [9.17, 15) is 5.11 Å². The molecule has 4 rings (SSSR count). The Labute approximate surface area is 137 Å². The molecule has 0 amide bonds. The highest BCUT2D eigenvalue weighted by Gasteiger charge is 2.45. The number of rotatable bonds is 3. The van der Waals surface area contributed by atoms with Gasteiger partial charge in [0.15, 0.2) is 5.84 Å². The maximum Gasteiger partial charge on any atom is 0.156 e. The van der Waals surface area contributed by atoms with Gasteiger partial charge in [0.25, 0.3) is 0 Å². The zero-order valence-corrected chi connectivity index (χ0v) is 13.5. The summed E-state index contributed by atoms with van der Waals surface area (Å²) in [5.41, 5.74) is 0.841. The van der Waals surface area contributed by atoms with Crippen LogP contribution in [0.15, 0.2) is 30.3 Å². The smallest absolute Gasteiger partial charge is 0.156 e. The van der Waals surface area contributed by atoms with Crippen LogP contribution in [0, 0.1) is 23.2 Å². The number of para-hydroxylation sites is 1. The largest absolute Gasteiger partial charge is 0.385 e. The molecule has 4 nitrogen and oxygen atoms in total. The van der Waals surface area contributed by atoms with Crippen LogP contribution in [-0.4, -0.2) is 23.2 Å². The number of nitrogens with zero attached hydrogens (tertiary/aromatic N) is 1. The molecule has 2 aliphatic carbocycles. The van der Waals surface area contributed by atoms with Crippen LogP contribution in [0.3, 0.4) is 0 Å². The molecule has 23 heavy (non-hydrogen) atoms. The molecule has 2 saturated carbocycles. The van der Waals surface area contributed by atoms with Crippen LogP contribution in [0.5, 0.6) is 0 Å². The van der Waals surface area contributed by atoms with Gasteiger partial charge in [0.05, 0.1) is 11.8 Å². The van der Waals surface area contributed by atoms with Crippen molar-refractivity contribution in [2.24, 2.45) is 17.8 Å². The summed E-state index contributed by atoms with van der Waals surface area (Å²) in [6, 6.07) is 9.74. The summed E-state index contributed by atoms with van der Waals surface area (Å²) in [6.07, 6.45) is 7.60. The van der Waals surface area contributed by atoms with Gasteiger partial charge in [-0.15, -0.1) is 0 Å². The van der Waals surface area contributed by atoms with Crippen molar-refractivity contribution < 1.29 is 9.94 Å². The van der Waals surface area contributed by atoms with Gasteiger partial charge >= 0.3 is 0 Å². The molecule has 3 fully saturated rings. The normalized spacial score (nSPS) is 34.8. The number of anilines is 1. The third-order valence-electron chi connectivity index (χ3n) is 5.74. The Balaban J connectivity index is 1.65. The van der Waals surface area contributed by atoms with Gasteiger partial charge in [0.1, 0.15) is 6.10 Å². The molecule has 0 spiro atoms. The van der Waals surface area contributed by atoms with E-state index < -0.39 is 6.10 Å². The molecule has 4 atom stereocenters. The number of fused-ring (bicyclic) bond motifs is 1. The van der Waals surface area contributed by atoms with Gasteiger partial charge < -0.3 is 5.11 Å². The molecule has 124 valence electrons. The number of aliphatic hydroxyl groups excluding tert-OH is 1. The molecule has 1 heterocycles. The molecule has 1 aliphatic heterocycles. The monoisotopic (exact) mass is 314 g/mol. The van der Waals surface area contributed by atoms with Crippen molar-refractivity contribution in [2.45, 2.75) is 57.2 Å². The minimum Gasteiger partial charge on any atom is -0.385 e. The minimum absolute atomic E-state index is 0.130. The number of hydrogen-bond acceptors (Lipinski definition) is 3. The number of benzene rings is 1. The SMILES string of the molecule is N=C1C(O)C(CC2CC2)C2CCCCC2ON1c1ccccc1. The topological polar surface area (TPSA) is 56.6 Å². The summed E-state index contributed by atoms with van der Waals surface area (Å²) in [5.74, 6) is 1.52. The van der Waals surface area contributed by atoms with Gasteiger partial charge in [-0.2, -0.15) is 0 Å². The van der Waals surface area contributed by atoms with Crippen LogP contribution in [0.2, 0.25) is 0 Å². The Morgan fingerprint density at radius 1 is 1.09 bits per heavy atom. The van der Waals surface area contributed by atoms with E-state index in [4.69, 9.17) is 10.2 Å². The molecule has 4 unspecified atom stereocenters. The zero-order chi connectivity index (χ0) is 15.8. The summed E-state index contributed by atoms with van der Waals surface area (Å²) in [4.78, 5) is 6.27. The lowest BCUT2D eigenvalue weighted by atomic mass is 9.73. The first-order valence-electron chi connectivity index (χ1n) is 9.02. The predicted molar refractivity (Wildman–Crippen MR) is 90.3 cm³/mol. The van der Waals surface area contributed by atoms with Gasteiger partial charge in [0, 0.05) is 0 Å². The maximum atomic E-state index is 10.9. The summed E-state index contributed by atoms with van der Waals surface area (Å²) in [7, 11) is 0. The first-order chi connectivity index (χ1) is 11.2. The molecule has 1 saturated heterocycles. The van der Waals surface area contributed by atoms with E-state index in [0.717, 1.165) is 30.9 Å². The van der Waals surface area contributed by atoms with Crippen LogP contribution in [-0.2, 0) is 4.84 Å². The minimum atomic E-state index is -0.719. The van der Waals surface area contributed by atoms with E-state index in [1.807, 2.05) is 30.3 Å². The molecule has 2 N–H and O–H groups in total. The van der Waals surface area contributed by atoms with Gasteiger partial charge in [0.2, 0.25) is 0 Å². The van der Waals surface area contributed by atoms with Gasteiger partial charge in [-0.25, -0.2) is 5.06 Å². The van der Waals surface area contributed by atoms with E-state index in [0.29, 0.717) is 5.92 Å². The van der Waals surface area contributed by atoms with E-state index >= 15 is 0 Å². The van der Waals surface area contributed by atoms with Crippen molar-refractivity contribution in [3.63, 3.8) is 0 Å². The fourth-order valence-corrected chi connectivity index (χ4v) is 4.30. The quantitative estimate of drug-likeness (QED) is 0.893. The first kappa shape index (κ1) is 15.2. The van der Waals surface area contributed by atoms with Crippen molar-refractivity contribution in [3.8, 4) is 0 Å². The second kappa shape index (κ2) is 6.25. The summed E-state index contributed by atoms with van der Waals surface area (Å²) < 4.78 is 0. The van der Waals surface area contributed by atoms with Crippen molar-refractivity contribution in [3.05, 3.63) is 30.3 Å². The molecule has 1 aromatic rings. The Morgan fingerprint density at radius 2 is 1.83 bits per heavy atom. The lowest BCUT2D eigenvalue weighted by molar-refractivity contribution is -0.0284. The summed E-state index contributed by atoms with van der Waals surface area (Å²) in [6.45, 7) is 0.